The summed E-state index contributed by atoms with van der Waals surface area (Å²) in [6, 6.07) is 0. The fourth-order valence-corrected chi connectivity index (χ4v) is 2.56. The van der Waals surface area contributed by atoms with Crippen molar-refractivity contribution in [3.8, 4) is 5.88 Å². The van der Waals surface area contributed by atoms with Gasteiger partial charge < -0.3 is 10.5 Å². The largest absolute Gasteiger partial charge is 0.473 e. The number of nitrogens with two attached hydrogens (primary N) is 1. The van der Waals surface area contributed by atoms with Gasteiger partial charge in [-0.25, -0.2) is 9.97 Å². The zero-order chi connectivity index (χ0) is 11.4. The van der Waals surface area contributed by atoms with Crippen molar-refractivity contribution in [3.63, 3.8) is 0 Å². The maximum atomic E-state index is 5.95. The summed E-state index contributed by atoms with van der Waals surface area (Å²) >= 11 is 2.19. The van der Waals surface area contributed by atoms with Crippen molar-refractivity contribution in [1.29, 1.82) is 0 Å². The van der Waals surface area contributed by atoms with Gasteiger partial charge in [0.05, 0.1) is 3.57 Å². The maximum absolute atomic E-state index is 5.95. The third-order valence-corrected chi connectivity index (χ3v) is 3.78. The minimum Gasteiger partial charge on any atom is -0.473 e. The maximum Gasteiger partial charge on any atom is 0.230 e. The van der Waals surface area contributed by atoms with Gasteiger partial charge >= 0.3 is 0 Å². The van der Waals surface area contributed by atoms with Crippen LogP contribution in [-0.2, 0) is 0 Å². The molecule has 0 aliphatic heterocycles. The first-order valence-electron chi connectivity index (χ1n) is 5.63. The molecule has 4 nitrogen and oxygen atoms in total. The molecule has 2 unspecified atom stereocenters. The molecule has 2 N–H and O–H groups in total. The third kappa shape index (κ3) is 2.82. The molecular weight excluding hydrogens is 317 g/mol. The first kappa shape index (κ1) is 12.0. The minimum absolute atomic E-state index is 0.224. The van der Waals surface area contributed by atoms with Gasteiger partial charge in [0.15, 0.2) is 0 Å². The summed E-state index contributed by atoms with van der Waals surface area (Å²) in [5.41, 5.74) is 5.77. The molecule has 0 spiro atoms. The standard InChI is InChI=1S/C11H16IN3O/c12-9-6-14-7-15-11(9)16-10-4-2-1-3-8(10)5-13/h6-8,10H,1-5,13H2. The van der Waals surface area contributed by atoms with Gasteiger partial charge in [-0.15, -0.1) is 0 Å². The summed E-state index contributed by atoms with van der Waals surface area (Å²) < 4.78 is 6.91. The Hall–Kier alpha value is -0.430. The molecule has 1 heterocycles. The molecule has 1 aliphatic rings. The lowest BCUT2D eigenvalue weighted by atomic mass is 9.86. The van der Waals surface area contributed by atoms with Crippen LogP contribution in [0.15, 0.2) is 12.5 Å². The van der Waals surface area contributed by atoms with Crippen molar-refractivity contribution in [2.45, 2.75) is 31.8 Å². The molecule has 0 radical (unpaired) electrons. The summed E-state index contributed by atoms with van der Waals surface area (Å²) in [7, 11) is 0. The van der Waals surface area contributed by atoms with E-state index in [0.717, 1.165) is 9.99 Å². The highest BCUT2D eigenvalue weighted by molar-refractivity contribution is 14.1. The van der Waals surface area contributed by atoms with E-state index in [0.29, 0.717) is 18.3 Å². The van der Waals surface area contributed by atoms with Gasteiger partial charge in [-0.2, -0.15) is 0 Å². The van der Waals surface area contributed by atoms with E-state index in [-0.39, 0.29) is 6.10 Å². The van der Waals surface area contributed by atoms with Crippen molar-refractivity contribution >= 4 is 22.6 Å². The molecular formula is C11H16IN3O. The number of aromatic nitrogens is 2. The summed E-state index contributed by atoms with van der Waals surface area (Å²) in [6.45, 7) is 0.701. The van der Waals surface area contributed by atoms with Gasteiger partial charge in [-0.05, 0) is 48.4 Å². The molecule has 1 aromatic heterocycles. The lowest BCUT2D eigenvalue weighted by Crippen LogP contribution is -2.35. The zero-order valence-electron chi connectivity index (χ0n) is 9.10. The van der Waals surface area contributed by atoms with Crippen molar-refractivity contribution in [1.82, 2.24) is 9.97 Å². The molecule has 2 rings (SSSR count). The van der Waals surface area contributed by atoms with Gasteiger partial charge in [0.25, 0.3) is 0 Å². The second-order valence-corrected chi connectivity index (χ2v) is 5.27. The quantitative estimate of drug-likeness (QED) is 0.860. The second kappa shape index (κ2) is 5.77. The Morgan fingerprint density at radius 2 is 2.25 bits per heavy atom. The Kier molecular flexibility index (Phi) is 4.34. The monoisotopic (exact) mass is 333 g/mol. The van der Waals surface area contributed by atoms with Crippen molar-refractivity contribution in [2.75, 3.05) is 6.54 Å². The smallest absolute Gasteiger partial charge is 0.230 e. The van der Waals surface area contributed by atoms with Crippen molar-refractivity contribution < 1.29 is 4.74 Å². The average Bonchev–Trinajstić information content (AvgIpc) is 2.33. The predicted octanol–water partition coefficient (Wildman–Crippen LogP) is 1.98. The Morgan fingerprint density at radius 3 is 3.00 bits per heavy atom. The van der Waals surface area contributed by atoms with Crippen LogP contribution in [0.2, 0.25) is 0 Å². The van der Waals surface area contributed by atoms with Gasteiger partial charge in [0, 0.05) is 12.1 Å². The molecule has 16 heavy (non-hydrogen) atoms. The molecule has 1 fully saturated rings. The molecule has 1 aromatic rings. The lowest BCUT2D eigenvalue weighted by Gasteiger charge is -2.30. The van der Waals surface area contributed by atoms with E-state index in [9.17, 15) is 0 Å². The van der Waals surface area contributed by atoms with Crippen LogP contribution in [0, 0.1) is 9.49 Å². The van der Waals surface area contributed by atoms with Crippen LogP contribution in [0.25, 0.3) is 0 Å². The highest BCUT2D eigenvalue weighted by Crippen LogP contribution is 2.28. The minimum atomic E-state index is 0.224. The van der Waals surface area contributed by atoms with E-state index >= 15 is 0 Å². The summed E-state index contributed by atoms with van der Waals surface area (Å²) in [6.07, 6.45) is 8.26. The van der Waals surface area contributed by atoms with E-state index < -0.39 is 0 Å². The molecule has 0 aromatic carbocycles. The Morgan fingerprint density at radius 1 is 1.44 bits per heavy atom. The van der Waals surface area contributed by atoms with Gasteiger partial charge in [0.2, 0.25) is 5.88 Å². The van der Waals surface area contributed by atoms with Gasteiger partial charge in [0.1, 0.15) is 12.4 Å². The van der Waals surface area contributed by atoms with Crippen molar-refractivity contribution in [3.05, 3.63) is 16.1 Å². The Balaban J connectivity index is 2.05. The number of rotatable bonds is 3. The molecule has 0 bridgehead atoms. The normalized spacial score (nSPS) is 25.4. The fourth-order valence-electron chi connectivity index (χ4n) is 2.13. The van der Waals surface area contributed by atoms with Crippen LogP contribution in [-0.4, -0.2) is 22.6 Å². The molecule has 88 valence electrons. The molecule has 0 saturated heterocycles. The molecule has 1 aliphatic carbocycles. The van der Waals surface area contributed by atoms with E-state index in [2.05, 4.69) is 32.6 Å². The van der Waals surface area contributed by atoms with E-state index in [1.54, 1.807) is 6.20 Å². The highest BCUT2D eigenvalue weighted by atomic mass is 127. The van der Waals surface area contributed by atoms with Crippen LogP contribution in [0.5, 0.6) is 5.88 Å². The first-order chi connectivity index (χ1) is 7.81. The van der Waals surface area contributed by atoms with Crippen LogP contribution in [0.1, 0.15) is 25.7 Å². The number of hydrogen-bond acceptors (Lipinski definition) is 4. The van der Waals surface area contributed by atoms with E-state index in [4.69, 9.17) is 10.5 Å². The number of ether oxygens (including phenoxy) is 1. The number of halogens is 1. The Labute approximate surface area is 109 Å². The summed E-state index contributed by atoms with van der Waals surface area (Å²) in [5.74, 6) is 1.17. The van der Waals surface area contributed by atoms with Gasteiger partial charge in [-0.3, -0.25) is 0 Å². The molecule has 1 saturated carbocycles. The summed E-state index contributed by atoms with van der Waals surface area (Å²) in [4.78, 5) is 8.11. The lowest BCUT2D eigenvalue weighted by molar-refractivity contribution is 0.0911. The SMILES string of the molecule is NCC1CCCCC1Oc1ncncc1I. The van der Waals surface area contributed by atoms with Crippen LogP contribution in [0.4, 0.5) is 0 Å². The second-order valence-electron chi connectivity index (χ2n) is 4.11. The first-order valence-corrected chi connectivity index (χ1v) is 6.71. The average molecular weight is 333 g/mol. The van der Waals surface area contributed by atoms with Gasteiger partial charge in [-0.1, -0.05) is 6.42 Å². The molecule has 2 atom stereocenters. The zero-order valence-corrected chi connectivity index (χ0v) is 11.3. The van der Waals surface area contributed by atoms with Crippen LogP contribution >= 0.6 is 22.6 Å². The van der Waals surface area contributed by atoms with Crippen LogP contribution < -0.4 is 10.5 Å². The fraction of sp³-hybridized carbons (Fsp3) is 0.636. The summed E-state index contributed by atoms with van der Waals surface area (Å²) in [5, 5.41) is 0. The highest BCUT2D eigenvalue weighted by Gasteiger charge is 2.26. The van der Waals surface area contributed by atoms with E-state index in [1.807, 2.05) is 0 Å². The Bertz CT molecular complexity index is 348. The predicted molar refractivity (Wildman–Crippen MR) is 70.2 cm³/mol. The van der Waals surface area contributed by atoms with E-state index in [1.165, 1.54) is 25.6 Å². The molecule has 0 amide bonds. The number of hydrogen-bond donors (Lipinski definition) is 1. The number of nitrogens with zero attached hydrogens (tertiary/aromatic N) is 2. The van der Waals surface area contributed by atoms with Crippen molar-refractivity contribution in [2.24, 2.45) is 11.7 Å². The topological polar surface area (TPSA) is 61.0 Å². The third-order valence-electron chi connectivity index (χ3n) is 3.04. The van der Waals surface area contributed by atoms with Crippen LogP contribution in [0.3, 0.4) is 0 Å². The molecule has 5 heteroatoms.